The molecule has 0 saturated heterocycles. The van der Waals surface area contributed by atoms with Crippen molar-refractivity contribution in [2.75, 3.05) is 6.61 Å². The number of hydrogen-bond acceptors (Lipinski definition) is 8. The van der Waals surface area contributed by atoms with E-state index in [9.17, 15) is 25.4 Å². The standard InChI is InChI=1S/C13H17NO8/c1-6-4-7(2-3-8(6)14(19)20)21-13-12(18)11(17)10(16)9(5-15)22-13/h2-3,6,9-10,13,15-18H,4-5H2,1H3/t6?,9?,10-,13+/m0/s1. The summed E-state index contributed by atoms with van der Waals surface area (Å²) in [6.07, 6.45) is -1.20. The predicted octanol–water partition coefficient (Wildman–Crippen LogP) is 0.493. The van der Waals surface area contributed by atoms with Gasteiger partial charge in [-0.25, -0.2) is 0 Å². The molecule has 2 unspecified atom stereocenters. The molecule has 4 atom stereocenters. The lowest BCUT2D eigenvalue weighted by Gasteiger charge is -2.33. The molecule has 9 heteroatoms. The molecule has 0 bridgehead atoms. The van der Waals surface area contributed by atoms with Crippen molar-refractivity contribution in [2.24, 2.45) is 5.92 Å². The first-order chi connectivity index (χ1) is 10.3. The summed E-state index contributed by atoms with van der Waals surface area (Å²) >= 11 is 0. The van der Waals surface area contributed by atoms with Gasteiger partial charge in [-0.3, -0.25) is 10.1 Å². The molecule has 0 aromatic heterocycles. The summed E-state index contributed by atoms with van der Waals surface area (Å²) < 4.78 is 10.5. The first kappa shape index (κ1) is 16.3. The topological polar surface area (TPSA) is 143 Å². The highest BCUT2D eigenvalue weighted by Crippen LogP contribution is 2.30. The largest absolute Gasteiger partial charge is 0.506 e. The summed E-state index contributed by atoms with van der Waals surface area (Å²) in [6, 6.07) is 0. The third kappa shape index (κ3) is 3.06. The molecule has 2 rings (SSSR count). The number of aliphatic hydroxyl groups is 4. The Labute approximate surface area is 125 Å². The Morgan fingerprint density at radius 1 is 1.41 bits per heavy atom. The van der Waals surface area contributed by atoms with E-state index in [1.165, 1.54) is 12.2 Å². The third-order valence-corrected chi connectivity index (χ3v) is 3.52. The summed E-state index contributed by atoms with van der Waals surface area (Å²) in [4.78, 5) is 10.3. The highest BCUT2D eigenvalue weighted by molar-refractivity contribution is 5.20. The maximum atomic E-state index is 10.8. The van der Waals surface area contributed by atoms with Gasteiger partial charge in [0.25, 0.3) is 6.29 Å². The zero-order valence-corrected chi connectivity index (χ0v) is 11.7. The van der Waals surface area contributed by atoms with Crippen molar-refractivity contribution in [1.82, 2.24) is 0 Å². The van der Waals surface area contributed by atoms with Gasteiger partial charge in [0.15, 0.2) is 5.76 Å². The molecule has 0 radical (unpaired) electrons. The molecule has 9 nitrogen and oxygen atoms in total. The van der Waals surface area contributed by atoms with Gasteiger partial charge in [-0.2, -0.15) is 0 Å². The van der Waals surface area contributed by atoms with Crippen molar-refractivity contribution in [3.63, 3.8) is 0 Å². The van der Waals surface area contributed by atoms with E-state index >= 15 is 0 Å². The van der Waals surface area contributed by atoms with Crippen LogP contribution in [0.25, 0.3) is 0 Å². The average molecular weight is 315 g/mol. The van der Waals surface area contributed by atoms with E-state index in [1.807, 2.05) is 0 Å². The Hall–Kier alpha value is -2.10. The smallest absolute Gasteiger partial charge is 0.262 e. The highest BCUT2D eigenvalue weighted by atomic mass is 16.7. The lowest BCUT2D eigenvalue weighted by Crippen LogP contribution is -2.44. The van der Waals surface area contributed by atoms with Gasteiger partial charge in [0.1, 0.15) is 18.0 Å². The van der Waals surface area contributed by atoms with Crippen LogP contribution in [0.1, 0.15) is 13.3 Å². The quantitative estimate of drug-likeness (QED) is 0.433. The van der Waals surface area contributed by atoms with Crippen molar-refractivity contribution < 1.29 is 34.8 Å². The molecule has 0 aromatic carbocycles. The van der Waals surface area contributed by atoms with Crippen LogP contribution in [0.2, 0.25) is 0 Å². The molecule has 0 saturated carbocycles. The molecule has 0 aromatic rings. The molecular formula is C13H17NO8. The van der Waals surface area contributed by atoms with Crippen molar-refractivity contribution in [3.05, 3.63) is 45.2 Å². The van der Waals surface area contributed by atoms with Crippen LogP contribution < -0.4 is 0 Å². The first-order valence-electron chi connectivity index (χ1n) is 6.63. The normalized spacial score (nSPS) is 32.3. The minimum absolute atomic E-state index is 0.0446. The Bertz CT molecular complexity index is 552. The second kappa shape index (κ2) is 6.34. The van der Waals surface area contributed by atoms with Crippen LogP contribution in [0.3, 0.4) is 0 Å². The third-order valence-electron chi connectivity index (χ3n) is 3.52. The molecular weight excluding hydrogens is 298 g/mol. The van der Waals surface area contributed by atoms with Crippen LogP contribution in [0.5, 0.6) is 0 Å². The Morgan fingerprint density at radius 3 is 2.64 bits per heavy atom. The summed E-state index contributed by atoms with van der Waals surface area (Å²) in [7, 11) is 0. The Kier molecular flexibility index (Phi) is 4.69. The lowest BCUT2D eigenvalue weighted by molar-refractivity contribution is -0.433. The van der Waals surface area contributed by atoms with Crippen molar-refractivity contribution in [3.8, 4) is 0 Å². The van der Waals surface area contributed by atoms with Gasteiger partial charge in [0.05, 0.1) is 17.4 Å². The van der Waals surface area contributed by atoms with Crippen molar-refractivity contribution in [2.45, 2.75) is 31.8 Å². The fourth-order valence-electron chi connectivity index (χ4n) is 2.26. The van der Waals surface area contributed by atoms with Gasteiger partial charge in [-0.15, -0.1) is 0 Å². The van der Waals surface area contributed by atoms with Crippen LogP contribution in [-0.4, -0.2) is 50.5 Å². The van der Waals surface area contributed by atoms with E-state index < -0.39 is 47.5 Å². The number of nitro groups is 1. The highest BCUT2D eigenvalue weighted by Gasteiger charge is 2.39. The minimum atomic E-state index is -1.55. The molecule has 2 aliphatic rings. The molecule has 122 valence electrons. The summed E-state index contributed by atoms with van der Waals surface area (Å²) in [5.41, 5.74) is 0.0446. The second-order valence-corrected chi connectivity index (χ2v) is 5.11. The van der Waals surface area contributed by atoms with Gasteiger partial charge in [-0.05, 0) is 6.08 Å². The molecule has 0 spiro atoms. The predicted molar refractivity (Wildman–Crippen MR) is 72.1 cm³/mol. The van der Waals surface area contributed by atoms with Gasteiger partial charge < -0.3 is 29.9 Å². The molecule has 0 amide bonds. The minimum Gasteiger partial charge on any atom is -0.506 e. The summed E-state index contributed by atoms with van der Waals surface area (Å²) in [6.45, 7) is 1.07. The number of hydrogen-bond donors (Lipinski definition) is 4. The zero-order chi connectivity index (χ0) is 16.4. The number of rotatable bonds is 4. The zero-order valence-electron chi connectivity index (χ0n) is 11.7. The van der Waals surface area contributed by atoms with Gasteiger partial charge in [0.2, 0.25) is 11.5 Å². The van der Waals surface area contributed by atoms with Crippen LogP contribution in [0.4, 0.5) is 0 Å². The van der Waals surface area contributed by atoms with E-state index in [4.69, 9.17) is 14.6 Å². The average Bonchev–Trinajstić information content (AvgIpc) is 2.47. The van der Waals surface area contributed by atoms with E-state index in [-0.39, 0.29) is 12.1 Å². The Morgan fingerprint density at radius 2 is 2.09 bits per heavy atom. The van der Waals surface area contributed by atoms with Gasteiger partial charge >= 0.3 is 0 Å². The molecule has 1 aliphatic carbocycles. The van der Waals surface area contributed by atoms with Crippen molar-refractivity contribution in [1.29, 1.82) is 0 Å². The second-order valence-electron chi connectivity index (χ2n) is 5.11. The van der Waals surface area contributed by atoms with E-state index in [1.54, 1.807) is 6.92 Å². The van der Waals surface area contributed by atoms with Crippen LogP contribution >= 0.6 is 0 Å². The summed E-state index contributed by atoms with van der Waals surface area (Å²) in [5, 5.41) is 48.8. The number of allylic oxidation sites excluding steroid dienone is 4. The number of ether oxygens (including phenoxy) is 2. The van der Waals surface area contributed by atoms with E-state index in [0.29, 0.717) is 5.76 Å². The molecule has 22 heavy (non-hydrogen) atoms. The first-order valence-corrected chi connectivity index (χ1v) is 6.63. The fraction of sp³-hybridized carbons (Fsp3) is 0.538. The molecule has 1 aliphatic heterocycles. The Balaban J connectivity index is 2.16. The fourth-order valence-corrected chi connectivity index (χ4v) is 2.26. The monoisotopic (exact) mass is 315 g/mol. The summed E-state index contributed by atoms with van der Waals surface area (Å²) in [5.74, 6) is -1.51. The van der Waals surface area contributed by atoms with Crippen molar-refractivity contribution >= 4 is 0 Å². The lowest BCUT2D eigenvalue weighted by atomic mass is 9.98. The SMILES string of the molecule is CC1CC(O[C@@H]2OC(CO)[C@H](O)C(O)=C2O)=CC=C1[N+](=O)[O-]. The molecule has 4 N–H and O–H groups in total. The van der Waals surface area contributed by atoms with Gasteiger partial charge in [0, 0.05) is 12.5 Å². The van der Waals surface area contributed by atoms with Crippen LogP contribution in [0, 0.1) is 16.0 Å². The van der Waals surface area contributed by atoms with Crippen LogP contribution in [-0.2, 0) is 9.47 Å². The van der Waals surface area contributed by atoms with Crippen LogP contribution in [0.15, 0.2) is 35.1 Å². The number of nitrogens with zero attached hydrogens (tertiary/aromatic N) is 1. The maximum Gasteiger partial charge on any atom is 0.262 e. The molecule has 1 heterocycles. The van der Waals surface area contributed by atoms with E-state index in [0.717, 1.165) is 0 Å². The molecule has 0 fully saturated rings. The number of aliphatic hydroxyl groups excluding tert-OH is 4. The maximum absolute atomic E-state index is 10.8. The van der Waals surface area contributed by atoms with E-state index in [2.05, 4.69) is 0 Å². The van der Waals surface area contributed by atoms with Gasteiger partial charge in [-0.1, -0.05) is 6.92 Å².